The van der Waals surface area contributed by atoms with Crippen molar-refractivity contribution in [1.29, 1.82) is 0 Å². The second-order valence-electron chi connectivity index (χ2n) is 7.16. The molecule has 0 aromatic carbocycles. The van der Waals surface area contributed by atoms with Crippen LogP contribution in [0.15, 0.2) is 36.5 Å². The average molecular weight is 392 g/mol. The molecule has 2 atom stereocenters. The van der Waals surface area contributed by atoms with E-state index < -0.39 is 11.7 Å². The van der Waals surface area contributed by atoms with Crippen LogP contribution >= 0.6 is 0 Å². The van der Waals surface area contributed by atoms with E-state index in [-0.39, 0.29) is 17.9 Å². The first kappa shape index (κ1) is 20.1. The van der Waals surface area contributed by atoms with Crippen LogP contribution in [0.3, 0.4) is 0 Å². The molecule has 0 saturated carbocycles. The lowest BCUT2D eigenvalue weighted by atomic mass is 9.90. The van der Waals surface area contributed by atoms with Crippen molar-refractivity contribution >= 4 is 11.7 Å². The van der Waals surface area contributed by atoms with Gasteiger partial charge in [0.25, 0.3) is 5.91 Å². The van der Waals surface area contributed by atoms with Gasteiger partial charge in [0, 0.05) is 25.0 Å². The summed E-state index contributed by atoms with van der Waals surface area (Å²) in [5.41, 5.74) is 0.401. The Labute approximate surface area is 162 Å². The second-order valence-corrected chi connectivity index (χ2v) is 7.16. The zero-order valence-electron chi connectivity index (χ0n) is 15.8. The summed E-state index contributed by atoms with van der Waals surface area (Å²) < 4.78 is 38.0. The predicted octanol–water partition coefficient (Wildman–Crippen LogP) is 4.16. The molecular weight excluding hydrogens is 369 g/mol. The number of carbonyl (C=O) groups excluding carboxylic acids is 1. The summed E-state index contributed by atoms with van der Waals surface area (Å²) in [4.78, 5) is 23.0. The number of halogens is 3. The molecule has 1 aliphatic rings. The van der Waals surface area contributed by atoms with Crippen molar-refractivity contribution in [2.45, 2.75) is 38.9 Å². The van der Waals surface area contributed by atoms with E-state index in [0.29, 0.717) is 24.6 Å². The number of amides is 1. The van der Waals surface area contributed by atoms with Gasteiger partial charge in [-0.3, -0.25) is 4.79 Å². The molecule has 0 radical (unpaired) electrons. The van der Waals surface area contributed by atoms with Crippen molar-refractivity contribution in [3.8, 4) is 0 Å². The molecule has 0 spiro atoms. The largest absolute Gasteiger partial charge is 0.417 e. The van der Waals surface area contributed by atoms with Gasteiger partial charge in [-0.15, -0.1) is 0 Å². The molecule has 2 aromatic rings. The Kier molecular flexibility index (Phi) is 5.86. The maximum Gasteiger partial charge on any atom is 0.417 e. The Balaban J connectivity index is 1.71. The Morgan fingerprint density at radius 1 is 1.29 bits per heavy atom. The molecule has 1 fully saturated rings. The summed E-state index contributed by atoms with van der Waals surface area (Å²) in [6.45, 7) is 4.96. The number of carbonyl (C=O) groups is 1. The van der Waals surface area contributed by atoms with Crippen LogP contribution in [-0.2, 0) is 6.18 Å². The maximum absolute atomic E-state index is 13.0. The number of anilines is 1. The zero-order chi connectivity index (χ0) is 20.3. The molecule has 3 heterocycles. The number of alkyl halides is 3. The van der Waals surface area contributed by atoms with Crippen molar-refractivity contribution in [3.05, 3.63) is 53.5 Å². The van der Waals surface area contributed by atoms with Gasteiger partial charge in [-0.05, 0) is 49.9 Å². The summed E-state index contributed by atoms with van der Waals surface area (Å²) in [6.07, 6.45) is -1.70. The normalized spacial score (nSPS) is 20.1. The molecule has 0 bridgehead atoms. The highest BCUT2D eigenvalue weighted by Crippen LogP contribution is 2.29. The van der Waals surface area contributed by atoms with Gasteiger partial charge in [0.15, 0.2) is 0 Å². The SMILES string of the molecule is Cc1cccc(C(=O)N2CCC[C@@H](C)[C@H]2CNc2ccc(C(F)(F)F)cn2)n1. The first-order valence-electron chi connectivity index (χ1n) is 9.27. The minimum atomic E-state index is -4.41. The third-order valence-electron chi connectivity index (χ3n) is 5.07. The first-order chi connectivity index (χ1) is 13.3. The molecule has 150 valence electrons. The number of hydrogen-bond donors (Lipinski definition) is 1. The first-order valence-corrected chi connectivity index (χ1v) is 9.27. The fourth-order valence-electron chi connectivity index (χ4n) is 3.50. The van der Waals surface area contributed by atoms with E-state index in [1.54, 1.807) is 6.07 Å². The zero-order valence-corrected chi connectivity index (χ0v) is 15.8. The van der Waals surface area contributed by atoms with Crippen molar-refractivity contribution in [2.24, 2.45) is 5.92 Å². The van der Waals surface area contributed by atoms with Gasteiger partial charge in [0.1, 0.15) is 11.5 Å². The van der Waals surface area contributed by atoms with Gasteiger partial charge in [0.2, 0.25) is 0 Å². The number of aryl methyl sites for hydroxylation is 1. The summed E-state index contributed by atoms with van der Waals surface area (Å²) in [6, 6.07) is 7.57. The van der Waals surface area contributed by atoms with E-state index in [9.17, 15) is 18.0 Å². The topological polar surface area (TPSA) is 58.1 Å². The molecule has 3 rings (SSSR count). The second kappa shape index (κ2) is 8.16. The van der Waals surface area contributed by atoms with Crippen molar-refractivity contribution < 1.29 is 18.0 Å². The molecule has 1 aliphatic heterocycles. The van der Waals surface area contributed by atoms with Crippen molar-refractivity contribution in [1.82, 2.24) is 14.9 Å². The van der Waals surface area contributed by atoms with E-state index in [1.165, 1.54) is 6.07 Å². The van der Waals surface area contributed by atoms with E-state index in [0.717, 1.165) is 30.8 Å². The Bertz CT molecular complexity index is 823. The number of aromatic nitrogens is 2. The molecule has 0 aliphatic carbocycles. The van der Waals surface area contributed by atoms with Crippen LogP contribution in [0.4, 0.5) is 19.0 Å². The maximum atomic E-state index is 13.0. The fourth-order valence-corrected chi connectivity index (χ4v) is 3.50. The van der Waals surface area contributed by atoms with Crippen LogP contribution < -0.4 is 5.32 Å². The highest BCUT2D eigenvalue weighted by molar-refractivity contribution is 5.92. The molecule has 0 unspecified atom stereocenters. The van der Waals surface area contributed by atoms with Crippen LogP contribution in [0.1, 0.15) is 41.5 Å². The van der Waals surface area contributed by atoms with Crippen LogP contribution in [-0.4, -0.2) is 39.9 Å². The molecule has 5 nitrogen and oxygen atoms in total. The summed E-state index contributed by atoms with van der Waals surface area (Å²) in [5, 5.41) is 3.08. The van der Waals surface area contributed by atoms with E-state index in [2.05, 4.69) is 22.2 Å². The highest BCUT2D eigenvalue weighted by Gasteiger charge is 2.33. The van der Waals surface area contributed by atoms with Gasteiger partial charge in [-0.2, -0.15) is 13.2 Å². The van der Waals surface area contributed by atoms with E-state index in [4.69, 9.17) is 0 Å². The monoisotopic (exact) mass is 392 g/mol. The third kappa shape index (κ3) is 4.61. The smallest absolute Gasteiger partial charge is 0.368 e. The summed E-state index contributed by atoms with van der Waals surface area (Å²) in [7, 11) is 0. The Hall–Kier alpha value is -2.64. The molecule has 2 aromatic heterocycles. The number of hydrogen-bond acceptors (Lipinski definition) is 4. The lowest BCUT2D eigenvalue weighted by Crippen LogP contribution is -2.51. The van der Waals surface area contributed by atoms with E-state index >= 15 is 0 Å². The van der Waals surface area contributed by atoms with Gasteiger partial charge >= 0.3 is 6.18 Å². The van der Waals surface area contributed by atoms with Crippen molar-refractivity contribution in [3.63, 3.8) is 0 Å². The Morgan fingerprint density at radius 2 is 2.07 bits per heavy atom. The van der Waals surface area contributed by atoms with Crippen LogP contribution in [0, 0.1) is 12.8 Å². The molecule has 1 saturated heterocycles. The number of nitrogens with one attached hydrogen (secondary N) is 1. The lowest BCUT2D eigenvalue weighted by Gasteiger charge is -2.40. The number of rotatable bonds is 4. The molecular formula is C20H23F3N4O. The molecule has 1 amide bonds. The molecule has 8 heteroatoms. The summed E-state index contributed by atoms with van der Waals surface area (Å²) in [5.74, 6) is 0.485. The lowest BCUT2D eigenvalue weighted by molar-refractivity contribution is -0.137. The number of likely N-dealkylation sites (tertiary alicyclic amines) is 1. The van der Waals surface area contributed by atoms with E-state index in [1.807, 2.05) is 24.0 Å². The van der Waals surface area contributed by atoms with Gasteiger partial charge in [0.05, 0.1) is 11.6 Å². The average Bonchev–Trinajstić information content (AvgIpc) is 2.66. The minimum absolute atomic E-state index is 0.0901. The van der Waals surface area contributed by atoms with Gasteiger partial charge in [-0.25, -0.2) is 9.97 Å². The van der Waals surface area contributed by atoms with Gasteiger partial charge in [-0.1, -0.05) is 13.0 Å². The summed E-state index contributed by atoms with van der Waals surface area (Å²) >= 11 is 0. The van der Waals surface area contributed by atoms with Gasteiger partial charge < -0.3 is 10.2 Å². The fraction of sp³-hybridized carbons (Fsp3) is 0.450. The quantitative estimate of drug-likeness (QED) is 0.849. The number of piperidine rings is 1. The number of nitrogens with zero attached hydrogens (tertiary/aromatic N) is 3. The Morgan fingerprint density at radius 3 is 2.71 bits per heavy atom. The standard InChI is InChI=1S/C20H23F3N4O/c1-13-5-4-10-27(19(28)16-7-3-6-14(2)26-16)17(13)12-25-18-9-8-15(11-24-18)20(21,22)23/h3,6-9,11,13,17H,4-5,10,12H2,1-2H3,(H,24,25)/t13-,17-/m1/s1. The molecule has 1 N–H and O–H groups in total. The third-order valence-corrected chi connectivity index (χ3v) is 5.07. The van der Waals surface area contributed by atoms with Crippen LogP contribution in [0.5, 0.6) is 0 Å². The van der Waals surface area contributed by atoms with Crippen molar-refractivity contribution in [2.75, 3.05) is 18.4 Å². The highest BCUT2D eigenvalue weighted by atomic mass is 19.4. The minimum Gasteiger partial charge on any atom is -0.368 e. The predicted molar refractivity (Wildman–Crippen MR) is 99.9 cm³/mol. The van der Waals surface area contributed by atoms with Crippen LogP contribution in [0.25, 0.3) is 0 Å². The number of pyridine rings is 2. The van der Waals surface area contributed by atoms with Crippen LogP contribution in [0.2, 0.25) is 0 Å². The molecule has 28 heavy (non-hydrogen) atoms.